The first-order chi connectivity index (χ1) is 10.4. The molecule has 3 nitrogen and oxygen atoms in total. The van der Waals surface area contributed by atoms with Crippen LogP contribution in [0.3, 0.4) is 0 Å². The number of rotatable bonds is 0. The molecule has 3 N–H and O–H groups in total. The van der Waals surface area contributed by atoms with Gasteiger partial charge in [-0.1, -0.05) is 32.4 Å². The molecule has 3 fully saturated rings. The van der Waals surface area contributed by atoms with Crippen molar-refractivity contribution in [2.45, 2.75) is 71.1 Å². The van der Waals surface area contributed by atoms with Crippen molar-refractivity contribution in [1.29, 1.82) is 0 Å². The van der Waals surface area contributed by atoms with Crippen LogP contribution in [0.5, 0.6) is 0 Å². The van der Waals surface area contributed by atoms with Gasteiger partial charge in [0.25, 0.3) is 0 Å². The Morgan fingerprint density at radius 2 is 1.95 bits per heavy atom. The van der Waals surface area contributed by atoms with Gasteiger partial charge in [0.05, 0.1) is 12.2 Å². The van der Waals surface area contributed by atoms with Crippen LogP contribution in [0.1, 0.15) is 52.9 Å². The maximum absolute atomic E-state index is 10.9. The van der Waals surface area contributed by atoms with Crippen LogP contribution in [0, 0.1) is 28.6 Å². The third kappa shape index (κ3) is 1.85. The van der Waals surface area contributed by atoms with E-state index in [-0.39, 0.29) is 17.6 Å². The van der Waals surface area contributed by atoms with Crippen LogP contribution in [0.4, 0.5) is 0 Å². The van der Waals surface area contributed by atoms with Gasteiger partial charge in [-0.2, -0.15) is 0 Å². The molecule has 4 unspecified atom stereocenters. The molecular formula is C19H31NO2. The summed E-state index contributed by atoms with van der Waals surface area (Å²) in [7, 11) is 0. The number of piperidine rings is 1. The number of hydrogen-bond acceptors (Lipinski definition) is 3. The number of nitrogens with one attached hydrogen (secondary N) is 1. The van der Waals surface area contributed by atoms with Crippen molar-refractivity contribution >= 4 is 0 Å². The highest BCUT2D eigenvalue weighted by molar-refractivity contribution is 5.30. The molecule has 8 atom stereocenters. The lowest BCUT2D eigenvalue weighted by Gasteiger charge is -2.59. The number of aliphatic hydroxyl groups is 2. The van der Waals surface area contributed by atoms with E-state index in [4.69, 9.17) is 0 Å². The standard InChI is InChI=1S/C19H31NO2/c1-11-4-5-14-16-15(22)9-12-8-13(21)6-7-18(12,2)17(16)20-10-19(11,14)3/h9,11,13-17,20-22H,4-8,10H2,1-3H3/t11-,13-,14?,15?,16?,17?,18-,19+/m0/s1. The summed E-state index contributed by atoms with van der Waals surface area (Å²) in [6, 6.07) is 0.373. The van der Waals surface area contributed by atoms with E-state index in [0.717, 1.165) is 31.7 Å². The lowest BCUT2D eigenvalue weighted by atomic mass is 9.52. The minimum atomic E-state index is -0.346. The molecule has 0 aromatic carbocycles. The maximum atomic E-state index is 10.9. The normalized spacial score (nSPS) is 57.6. The van der Waals surface area contributed by atoms with Gasteiger partial charge in [0, 0.05) is 23.9 Å². The fourth-order valence-corrected chi connectivity index (χ4v) is 6.32. The Morgan fingerprint density at radius 1 is 1.18 bits per heavy atom. The van der Waals surface area contributed by atoms with Crippen LogP contribution in [0.25, 0.3) is 0 Å². The van der Waals surface area contributed by atoms with Crippen LogP contribution in [-0.2, 0) is 0 Å². The lowest BCUT2D eigenvalue weighted by molar-refractivity contribution is -0.0631. The Morgan fingerprint density at radius 3 is 2.73 bits per heavy atom. The summed E-state index contributed by atoms with van der Waals surface area (Å²) in [5.41, 5.74) is 1.75. The second kappa shape index (κ2) is 4.81. The fraction of sp³-hybridized carbons (Fsp3) is 0.895. The van der Waals surface area contributed by atoms with Gasteiger partial charge in [-0.05, 0) is 49.4 Å². The highest BCUT2D eigenvalue weighted by Crippen LogP contribution is 2.59. The van der Waals surface area contributed by atoms with Gasteiger partial charge in [0.15, 0.2) is 0 Å². The Balaban J connectivity index is 1.73. The number of hydrogen-bond donors (Lipinski definition) is 3. The van der Waals surface area contributed by atoms with E-state index in [2.05, 4.69) is 32.2 Å². The molecule has 1 heterocycles. The zero-order chi connectivity index (χ0) is 15.7. The average Bonchev–Trinajstić information content (AvgIpc) is 2.77. The molecular weight excluding hydrogens is 274 g/mol. The summed E-state index contributed by atoms with van der Waals surface area (Å²) in [5.74, 6) is 1.71. The van der Waals surface area contributed by atoms with Crippen molar-refractivity contribution < 1.29 is 10.2 Å². The van der Waals surface area contributed by atoms with E-state index in [1.807, 2.05) is 0 Å². The number of aliphatic hydroxyl groups excluding tert-OH is 2. The maximum Gasteiger partial charge on any atom is 0.0769 e. The molecule has 22 heavy (non-hydrogen) atoms. The molecule has 1 aliphatic heterocycles. The molecule has 124 valence electrons. The zero-order valence-electron chi connectivity index (χ0n) is 14.2. The quantitative estimate of drug-likeness (QED) is 0.603. The van der Waals surface area contributed by atoms with Gasteiger partial charge in [-0.3, -0.25) is 0 Å². The Hall–Kier alpha value is -0.380. The third-order valence-corrected chi connectivity index (χ3v) is 8.07. The third-order valence-electron chi connectivity index (χ3n) is 8.07. The van der Waals surface area contributed by atoms with E-state index in [1.54, 1.807) is 0 Å². The largest absolute Gasteiger partial charge is 0.393 e. The Bertz CT molecular complexity index is 504. The summed E-state index contributed by atoms with van der Waals surface area (Å²) >= 11 is 0. The van der Waals surface area contributed by atoms with Gasteiger partial charge < -0.3 is 15.5 Å². The van der Waals surface area contributed by atoms with Crippen molar-refractivity contribution in [1.82, 2.24) is 5.32 Å². The van der Waals surface area contributed by atoms with Gasteiger partial charge in [0.1, 0.15) is 0 Å². The van der Waals surface area contributed by atoms with E-state index in [0.29, 0.717) is 23.3 Å². The smallest absolute Gasteiger partial charge is 0.0769 e. The first-order valence-electron chi connectivity index (χ1n) is 9.17. The van der Waals surface area contributed by atoms with Crippen LogP contribution in [0.2, 0.25) is 0 Å². The highest BCUT2D eigenvalue weighted by Gasteiger charge is 2.59. The Labute approximate surface area is 134 Å². The molecule has 1 saturated heterocycles. The molecule has 3 aliphatic carbocycles. The van der Waals surface area contributed by atoms with E-state index in [1.165, 1.54) is 18.4 Å². The second-order valence-electron chi connectivity index (χ2n) is 9.02. The van der Waals surface area contributed by atoms with E-state index < -0.39 is 0 Å². The molecule has 0 spiro atoms. The first kappa shape index (κ1) is 15.2. The summed E-state index contributed by atoms with van der Waals surface area (Å²) < 4.78 is 0. The van der Waals surface area contributed by atoms with Gasteiger partial charge in [-0.15, -0.1) is 0 Å². The topological polar surface area (TPSA) is 52.5 Å². The highest BCUT2D eigenvalue weighted by atomic mass is 16.3. The van der Waals surface area contributed by atoms with Crippen molar-refractivity contribution in [3.05, 3.63) is 11.6 Å². The first-order valence-corrected chi connectivity index (χ1v) is 9.17. The van der Waals surface area contributed by atoms with Crippen molar-refractivity contribution in [3.8, 4) is 0 Å². The molecule has 0 amide bonds. The van der Waals surface area contributed by atoms with Gasteiger partial charge >= 0.3 is 0 Å². The molecule has 0 aromatic rings. The van der Waals surface area contributed by atoms with E-state index >= 15 is 0 Å². The lowest BCUT2D eigenvalue weighted by Crippen LogP contribution is -2.66. The van der Waals surface area contributed by atoms with Crippen molar-refractivity contribution in [3.63, 3.8) is 0 Å². The summed E-state index contributed by atoms with van der Waals surface area (Å²) in [4.78, 5) is 0. The predicted molar refractivity (Wildman–Crippen MR) is 87.3 cm³/mol. The van der Waals surface area contributed by atoms with Crippen LogP contribution in [-0.4, -0.2) is 35.0 Å². The van der Waals surface area contributed by atoms with E-state index in [9.17, 15) is 10.2 Å². The molecule has 4 aliphatic rings. The van der Waals surface area contributed by atoms with Crippen LogP contribution < -0.4 is 5.32 Å². The molecule has 0 bridgehead atoms. The van der Waals surface area contributed by atoms with Crippen molar-refractivity contribution in [2.24, 2.45) is 28.6 Å². The second-order valence-corrected chi connectivity index (χ2v) is 9.02. The molecule has 0 radical (unpaired) electrons. The summed E-state index contributed by atoms with van der Waals surface area (Å²) in [6.07, 6.45) is 6.79. The average molecular weight is 305 g/mol. The van der Waals surface area contributed by atoms with Crippen LogP contribution in [0.15, 0.2) is 11.6 Å². The molecule has 2 saturated carbocycles. The summed E-state index contributed by atoms with van der Waals surface area (Å²) in [6.45, 7) is 8.26. The molecule has 4 rings (SSSR count). The zero-order valence-corrected chi connectivity index (χ0v) is 14.2. The summed E-state index contributed by atoms with van der Waals surface area (Å²) in [5, 5.41) is 24.8. The monoisotopic (exact) mass is 305 g/mol. The predicted octanol–water partition coefficient (Wildman–Crippen LogP) is 2.48. The van der Waals surface area contributed by atoms with Crippen LogP contribution >= 0.6 is 0 Å². The fourth-order valence-electron chi connectivity index (χ4n) is 6.32. The van der Waals surface area contributed by atoms with Gasteiger partial charge in [-0.25, -0.2) is 0 Å². The van der Waals surface area contributed by atoms with Crippen molar-refractivity contribution in [2.75, 3.05) is 6.54 Å². The van der Waals surface area contributed by atoms with Gasteiger partial charge in [0.2, 0.25) is 0 Å². The minimum absolute atomic E-state index is 0.121. The Kier molecular flexibility index (Phi) is 3.32. The minimum Gasteiger partial charge on any atom is -0.393 e. The SMILES string of the molecule is C[C@H]1CCC2C3C(O)C=C4C[C@@H](O)CC[C@]4(C)C3NC[C@@]21C. The number of fused-ring (bicyclic) bond motifs is 5. The molecule has 0 aromatic heterocycles. The molecule has 3 heteroatoms.